The van der Waals surface area contributed by atoms with Crippen LogP contribution in [0, 0.1) is 6.92 Å². The molecule has 0 aliphatic carbocycles. The lowest BCUT2D eigenvalue weighted by Gasteiger charge is -2.28. The number of aryl methyl sites for hydroxylation is 1. The van der Waals surface area contributed by atoms with Gasteiger partial charge in [0.1, 0.15) is 0 Å². The van der Waals surface area contributed by atoms with Crippen molar-refractivity contribution >= 4 is 0 Å². The lowest BCUT2D eigenvalue weighted by Crippen LogP contribution is -2.41. The number of rotatable bonds is 6. The minimum absolute atomic E-state index is 0.0101. The summed E-state index contributed by atoms with van der Waals surface area (Å²) in [5.74, 6) is 0. The fourth-order valence-corrected chi connectivity index (χ4v) is 2.15. The van der Waals surface area contributed by atoms with E-state index in [1.54, 1.807) is 0 Å². The fourth-order valence-electron chi connectivity index (χ4n) is 2.15. The summed E-state index contributed by atoms with van der Waals surface area (Å²) >= 11 is 0. The van der Waals surface area contributed by atoms with E-state index in [0.29, 0.717) is 0 Å². The van der Waals surface area contributed by atoms with Gasteiger partial charge in [0.15, 0.2) is 0 Å². The number of unbranched alkanes of at least 4 members (excludes halogenated alkanes) is 1. The fraction of sp³-hybridized carbons (Fsp3) is 0.600. The Balaban J connectivity index is 2.68. The normalized spacial score (nSPS) is 14.8. The topological polar surface area (TPSA) is 26.0 Å². The third-order valence-electron chi connectivity index (χ3n) is 3.37. The molecule has 0 heterocycles. The van der Waals surface area contributed by atoms with Crippen molar-refractivity contribution in [3.63, 3.8) is 0 Å². The van der Waals surface area contributed by atoms with Gasteiger partial charge in [0.05, 0.1) is 0 Å². The summed E-state index contributed by atoms with van der Waals surface area (Å²) in [5, 5.41) is 0. The van der Waals surface area contributed by atoms with Crippen LogP contribution in [0.3, 0.4) is 0 Å². The molecule has 0 saturated heterocycles. The summed E-state index contributed by atoms with van der Waals surface area (Å²) in [6, 6.07) is 8.71. The Morgan fingerprint density at radius 3 is 2.56 bits per heavy atom. The first-order chi connectivity index (χ1) is 7.59. The highest BCUT2D eigenvalue weighted by molar-refractivity contribution is 5.24. The van der Waals surface area contributed by atoms with Crippen molar-refractivity contribution in [3.8, 4) is 0 Å². The first-order valence-corrected chi connectivity index (χ1v) is 6.44. The molecule has 0 aliphatic rings. The van der Waals surface area contributed by atoms with E-state index in [0.717, 1.165) is 19.3 Å². The van der Waals surface area contributed by atoms with Gasteiger partial charge in [-0.05, 0) is 31.7 Å². The molecule has 0 amide bonds. The second-order valence-electron chi connectivity index (χ2n) is 4.99. The molecule has 16 heavy (non-hydrogen) atoms. The van der Waals surface area contributed by atoms with Crippen molar-refractivity contribution in [2.45, 2.75) is 58.4 Å². The second kappa shape index (κ2) is 6.05. The Bertz CT molecular complexity index is 319. The molecule has 0 bridgehead atoms. The summed E-state index contributed by atoms with van der Waals surface area (Å²) in [6.45, 7) is 6.56. The maximum Gasteiger partial charge on any atom is 0.0192 e. The van der Waals surface area contributed by atoms with Crippen LogP contribution in [-0.2, 0) is 6.42 Å². The Morgan fingerprint density at radius 1 is 1.25 bits per heavy atom. The first-order valence-electron chi connectivity index (χ1n) is 6.44. The summed E-state index contributed by atoms with van der Waals surface area (Å²) in [5.41, 5.74) is 9.16. The van der Waals surface area contributed by atoms with Crippen molar-refractivity contribution in [1.29, 1.82) is 0 Å². The molecule has 0 aliphatic heterocycles. The maximum absolute atomic E-state index is 6.47. The van der Waals surface area contributed by atoms with Gasteiger partial charge in [-0.2, -0.15) is 0 Å². The third-order valence-corrected chi connectivity index (χ3v) is 3.37. The van der Waals surface area contributed by atoms with Crippen LogP contribution >= 0.6 is 0 Å². The van der Waals surface area contributed by atoms with E-state index in [1.807, 2.05) is 0 Å². The maximum atomic E-state index is 6.47. The number of hydrogen-bond donors (Lipinski definition) is 1. The van der Waals surface area contributed by atoms with E-state index in [-0.39, 0.29) is 5.54 Å². The number of nitrogens with two attached hydrogens (primary N) is 1. The van der Waals surface area contributed by atoms with Crippen molar-refractivity contribution in [3.05, 3.63) is 35.4 Å². The number of benzene rings is 1. The molecule has 1 unspecified atom stereocenters. The molecule has 90 valence electrons. The van der Waals surface area contributed by atoms with Crippen molar-refractivity contribution in [2.75, 3.05) is 0 Å². The summed E-state index contributed by atoms with van der Waals surface area (Å²) < 4.78 is 0. The largest absolute Gasteiger partial charge is 0.325 e. The predicted octanol–water partition coefficient (Wildman–Crippen LogP) is 3.84. The van der Waals surface area contributed by atoms with Crippen LogP contribution < -0.4 is 5.73 Å². The van der Waals surface area contributed by atoms with Gasteiger partial charge in [0.25, 0.3) is 0 Å². The van der Waals surface area contributed by atoms with E-state index in [9.17, 15) is 0 Å². The van der Waals surface area contributed by atoms with E-state index in [2.05, 4.69) is 45.0 Å². The zero-order valence-electron chi connectivity index (χ0n) is 10.9. The lowest BCUT2D eigenvalue weighted by molar-refractivity contribution is 0.365. The molecule has 1 rings (SSSR count). The van der Waals surface area contributed by atoms with Crippen LogP contribution in [0.1, 0.15) is 50.7 Å². The Morgan fingerprint density at radius 2 is 2.00 bits per heavy atom. The molecular formula is C15H25N. The zero-order valence-corrected chi connectivity index (χ0v) is 10.9. The van der Waals surface area contributed by atoms with Crippen molar-refractivity contribution < 1.29 is 0 Å². The quantitative estimate of drug-likeness (QED) is 0.773. The molecule has 0 spiro atoms. The van der Waals surface area contributed by atoms with Gasteiger partial charge in [-0.25, -0.2) is 0 Å². The molecule has 1 aromatic carbocycles. The monoisotopic (exact) mass is 219 g/mol. The van der Waals surface area contributed by atoms with E-state index < -0.39 is 0 Å². The molecule has 1 heteroatoms. The Kier molecular flexibility index (Phi) is 5.01. The molecule has 0 aromatic heterocycles. The van der Waals surface area contributed by atoms with Gasteiger partial charge >= 0.3 is 0 Å². The molecule has 1 atom stereocenters. The highest BCUT2D eigenvalue weighted by atomic mass is 14.7. The van der Waals surface area contributed by atoms with Crippen LogP contribution in [0.4, 0.5) is 0 Å². The summed E-state index contributed by atoms with van der Waals surface area (Å²) in [6.07, 6.45) is 5.66. The van der Waals surface area contributed by atoms with Gasteiger partial charge in [0, 0.05) is 5.54 Å². The van der Waals surface area contributed by atoms with Crippen LogP contribution in [0.15, 0.2) is 24.3 Å². The standard InChI is InChI=1S/C15H25N/c1-4-6-10-15(16,5-2)12-14-9-7-8-13(3)11-14/h7-9,11H,4-6,10,12,16H2,1-3H3. The Labute approximate surface area is 100 Å². The average molecular weight is 219 g/mol. The Hall–Kier alpha value is -0.820. The zero-order chi connectivity index (χ0) is 12.0. The summed E-state index contributed by atoms with van der Waals surface area (Å²) in [4.78, 5) is 0. The van der Waals surface area contributed by atoms with Crippen LogP contribution in [0.5, 0.6) is 0 Å². The molecule has 0 fully saturated rings. The van der Waals surface area contributed by atoms with Gasteiger partial charge in [-0.15, -0.1) is 0 Å². The highest BCUT2D eigenvalue weighted by Gasteiger charge is 2.22. The van der Waals surface area contributed by atoms with Crippen LogP contribution in [0.25, 0.3) is 0 Å². The third kappa shape index (κ3) is 3.97. The van der Waals surface area contributed by atoms with Crippen molar-refractivity contribution in [1.82, 2.24) is 0 Å². The predicted molar refractivity (Wildman–Crippen MR) is 71.6 cm³/mol. The molecule has 1 nitrogen and oxygen atoms in total. The summed E-state index contributed by atoms with van der Waals surface area (Å²) in [7, 11) is 0. The molecular weight excluding hydrogens is 194 g/mol. The van der Waals surface area contributed by atoms with Gasteiger partial charge in [0.2, 0.25) is 0 Å². The number of hydrogen-bond acceptors (Lipinski definition) is 1. The van der Waals surface area contributed by atoms with Gasteiger partial charge < -0.3 is 5.73 Å². The highest BCUT2D eigenvalue weighted by Crippen LogP contribution is 2.21. The second-order valence-corrected chi connectivity index (χ2v) is 4.99. The first kappa shape index (κ1) is 13.2. The molecule has 2 N–H and O–H groups in total. The van der Waals surface area contributed by atoms with Gasteiger partial charge in [-0.3, -0.25) is 0 Å². The minimum Gasteiger partial charge on any atom is -0.325 e. The van der Waals surface area contributed by atoms with Crippen molar-refractivity contribution in [2.24, 2.45) is 5.73 Å². The van der Waals surface area contributed by atoms with E-state index in [1.165, 1.54) is 24.0 Å². The van der Waals surface area contributed by atoms with Crippen LogP contribution in [-0.4, -0.2) is 5.54 Å². The molecule has 1 aromatic rings. The van der Waals surface area contributed by atoms with Crippen LogP contribution in [0.2, 0.25) is 0 Å². The SMILES string of the molecule is CCCCC(N)(CC)Cc1cccc(C)c1. The van der Waals surface area contributed by atoms with Gasteiger partial charge in [-0.1, -0.05) is 56.5 Å². The molecule has 0 radical (unpaired) electrons. The minimum atomic E-state index is -0.0101. The average Bonchev–Trinajstić information content (AvgIpc) is 2.26. The molecule has 0 saturated carbocycles. The van der Waals surface area contributed by atoms with E-state index in [4.69, 9.17) is 5.73 Å². The lowest BCUT2D eigenvalue weighted by atomic mass is 9.84. The smallest absolute Gasteiger partial charge is 0.0192 e. The van der Waals surface area contributed by atoms with E-state index >= 15 is 0 Å².